The second-order valence-electron chi connectivity index (χ2n) is 15.2. The van der Waals surface area contributed by atoms with Gasteiger partial charge in [0.1, 0.15) is 65.7 Å². The minimum Gasteiger partial charge on any atom is -0.507 e. The molecule has 0 radical (unpaired) electrons. The number of benzene rings is 3. The van der Waals surface area contributed by atoms with Crippen molar-refractivity contribution in [3.05, 3.63) is 68.8 Å². The topological polar surface area (TPSA) is 309 Å². The Morgan fingerprint density at radius 3 is 2.08 bits per heavy atom. The van der Waals surface area contributed by atoms with E-state index in [2.05, 4.69) is 42.5 Å². The quantitative estimate of drug-likeness (QED) is 0.113. The van der Waals surface area contributed by atoms with E-state index < -0.39 is 148 Å². The predicted octanol–water partition coefficient (Wildman–Crippen LogP) is 2.21. The maximum absolute atomic E-state index is 14.1. The largest absolute Gasteiger partial charge is 0.507 e. The molecule has 1 amide bonds. The second-order valence-corrected chi connectivity index (χ2v) is 15.2. The highest BCUT2D eigenvalue weighted by molar-refractivity contribution is 15.0. The Morgan fingerprint density at radius 1 is 0.820 bits per heavy atom. The number of aliphatic carboxylic acids is 1. The molecule has 0 saturated carbocycles. The van der Waals surface area contributed by atoms with Gasteiger partial charge >= 0.3 is 5.97 Å². The van der Waals surface area contributed by atoms with Crippen LogP contribution in [0.1, 0.15) is 91.9 Å². The molecule has 0 bridgehead atoms. The lowest BCUT2D eigenvalue weighted by Gasteiger charge is -2.46. The highest BCUT2D eigenvalue weighted by Crippen LogP contribution is 2.57. The van der Waals surface area contributed by atoms with E-state index in [0.717, 1.165) is 12.1 Å². The highest BCUT2D eigenvalue weighted by Gasteiger charge is 2.50. The summed E-state index contributed by atoms with van der Waals surface area (Å²) in [6.07, 6.45) is -15.1. The third-order valence-electron chi connectivity index (χ3n) is 11.5. The van der Waals surface area contributed by atoms with Gasteiger partial charge in [-0.15, -0.1) is 0 Å². The van der Waals surface area contributed by atoms with Gasteiger partial charge in [-0.2, -0.15) is 0 Å². The minimum atomic E-state index is -1.88. The van der Waals surface area contributed by atoms with Crippen LogP contribution in [0.2, 0.25) is 0 Å². The first-order valence-electron chi connectivity index (χ1n) is 18.7. The Labute approximate surface area is 370 Å². The summed E-state index contributed by atoms with van der Waals surface area (Å²) in [6, 6.07) is 3.27. The first-order chi connectivity index (χ1) is 28.8. The number of hydrogen-bond acceptors (Lipinski definition) is 17. The van der Waals surface area contributed by atoms with Crippen LogP contribution in [0.25, 0.3) is 11.1 Å². The zero-order valence-corrected chi connectivity index (χ0v) is 37.2. The maximum atomic E-state index is 14.1. The number of carboxylic acid groups (broad SMARTS) is 1. The lowest BCUT2D eigenvalue weighted by atomic mass is 9.74. The Morgan fingerprint density at radius 2 is 1.44 bits per heavy atom. The van der Waals surface area contributed by atoms with Crippen LogP contribution in [0.15, 0.2) is 24.3 Å². The predicted molar refractivity (Wildman–Crippen MR) is 225 cm³/mol. The van der Waals surface area contributed by atoms with Crippen LogP contribution >= 0.6 is 37.2 Å². The number of halogens is 2. The van der Waals surface area contributed by atoms with E-state index in [-0.39, 0.29) is 33.6 Å². The molecule has 19 nitrogen and oxygen atoms in total. The summed E-state index contributed by atoms with van der Waals surface area (Å²) in [6.45, 7) is 5.47. The summed E-state index contributed by atoms with van der Waals surface area (Å²) >= 11 is 4.24. The third kappa shape index (κ3) is 8.06. The highest BCUT2D eigenvalue weighted by atomic mass is 128. The van der Waals surface area contributed by atoms with Gasteiger partial charge in [-0.1, -0.05) is 13.0 Å². The van der Waals surface area contributed by atoms with Crippen LogP contribution in [-0.4, -0.2) is 138 Å². The summed E-state index contributed by atoms with van der Waals surface area (Å²) < 4.78 is 28.8. The van der Waals surface area contributed by atoms with Crippen LogP contribution < -0.4 is 10.1 Å². The Hall–Kier alpha value is -3.76. The molecule has 7 rings (SSSR count). The van der Waals surface area contributed by atoms with Crippen molar-refractivity contribution < 1.29 is 88.8 Å². The fourth-order valence-electron chi connectivity index (χ4n) is 8.08. The zero-order chi connectivity index (χ0) is 45.1. The van der Waals surface area contributed by atoms with E-state index >= 15 is 0 Å². The van der Waals surface area contributed by atoms with E-state index in [4.69, 9.17) is 23.7 Å². The smallest absolute Gasteiger partial charge is 0.325 e. The van der Waals surface area contributed by atoms with Crippen molar-refractivity contribution >= 4 is 60.7 Å². The molecule has 0 spiro atoms. The Balaban J connectivity index is 0.00000307. The van der Waals surface area contributed by atoms with Crippen LogP contribution in [0.4, 0.5) is 0 Å². The van der Waals surface area contributed by atoms with Crippen LogP contribution in [0.5, 0.6) is 23.0 Å². The molecular formula is C40H43I2NO18. The number of phenolic OH excluding ortho intramolecular Hbond substituents is 3. The third-order valence-corrected chi connectivity index (χ3v) is 11.5. The standard InChI is InChI=1S/C40H43NO18.I2/c1-11-6-19-25(31(48)22(11)37(52)41-13(3)38(53)54)24-17(9-18-26(32(24)49)28(45)16-7-15(55-5)8-20(42)23(16)27(18)44)29(46)36(19)59-40-34(51)35(12(2)14(4)57-40)58-39-33(50)30(47)21(43)10-56-39;1-2/h6-9,12-14,21,29-30,33-36,39-40,42-43,46-51H,10H2,1-5H3,(H,41,52)(H,53,54);/t12?,13-,14?,21?,29?,30?,33?,34?,35?,36?,39?,40?;/m0./s1. The van der Waals surface area contributed by atoms with Gasteiger partial charge in [-0.3, -0.25) is 19.2 Å². The van der Waals surface area contributed by atoms with Crippen LogP contribution in [-0.2, 0) is 23.7 Å². The number of carboxylic acids is 1. The number of phenols is 3. The molecule has 0 aromatic heterocycles. The number of ketones is 2. The molecule has 61 heavy (non-hydrogen) atoms. The molecule has 2 saturated heterocycles. The summed E-state index contributed by atoms with van der Waals surface area (Å²) in [5.74, 6) is -7.20. The summed E-state index contributed by atoms with van der Waals surface area (Å²) in [5, 5.41) is 101. The summed E-state index contributed by atoms with van der Waals surface area (Å²) in [7, 11) is 1.27. The van der Waals surface area contributed by atoms with Gasteiger partial charge in [0.05, 0.1) is 42.6 Å². The number of aliphatic hydroxyl groups is 5. The van der Waals surface area contributed by atoms with E-state index in [9.17, 15) is 65.1 Å². The van der Waals surface area contributed by atoms with E-state index in [0.29, 0.717) is 0 Å². The molecule has 3 aromatic carbocycles. The lowest BCUT2D eigenvalue weighted by molar-refractivity contribution is -0.345. The van der Waals surface area contributed by atoms with Crippen molar-refractivity contribution in [2.75, 3.05) is 13.7 Å². The summed E-state index contributed by atoms with van der Waals surface area (Å²) in [5.41, 5.74) is -3.28. The normalized spacial score (nSPS) is 29.5. The number of fused-ring (bicyclic) bond motifs is 5. The van der Waals surface area contributed by atoms with E-state index in [1.165, 1.54) is 33.1 Å². The lowest BCUT2D eigenvalue weighted by Crippen LogP contribution is -2.60. The number of amides is 1. The van der Waals surface area contributed by atoms with Gasteiger partial charge in [-0.25, -0.2) is 0 Å². The number of aryl methyl sites for hydroxylation is 1. The van der Waals surface area contributed by atoms with Gasteiger partial charge < -0.3 is 75.0 Å². The number of aromatic hydroxyl groups is 3. The number of hydrogen-bond donors (Lipinski definition) is 10. The molecule has 2 aliphatic heterocycles. The summed E-state index contributed by atoms with van der Waals surface area (Å²) in [4.78, 5) is 53.2. The van der Waals surface area contributed by atoms with Crippen LogP contribution in [0, 0.1) is 12.8 Å². The van der Waals surface area contributed by atoms with Gasteiger partial charge in [0, 0.05) is 71.5 Å². The van der Waals surface area contributed by atoms with Gasteiger partial charge in [0.2, 0.25) is 0 Å². The molecule has 11 unspecified atom stereocenters. The maximum Gasteiger partial charge on any atom is 0.325 e. The van der Waals surface area contributed by atoms with Crippen molar-refractivity contribution in [3.63, 3.8) is 0 Å². The number of carbonyl (C=O) groups is 4. The second kappa shape index (κ2) is 18.1. The van der Waals surface area contributed by atoms with E-state index in [1.54, 1.807) is 13.8 Å². The molecule has 4 aliphatic rings. The van der Waals surface area contributed by atoms with Crippen molar-refractivity contribution in [1.29, 1.82) is 0 Å². The molecular weight excluding hydrogens is 1040 g/mol. The van der Waals surface area contributed by atoms with E-state index in [1.807, 2.05) is 0 Å². The SMILES string of the molecule is COc1cc(O)c2c(c1)C(=O)c1c(cc3c(c1O)-c1c(cc(C)c(C(=O)N[C@@H](C)C(=O)O)c1O)C(OC1OC(C)C(C)C(OC4OCC(O)C(O)C4O)C1O)C3O)C2=O.II. The van der Waals surface area contributed by atoms with Crippen molar-refractivity contribution in [2.24, 2.45) is 5.92 Å². The van der Waals surface area contributed by atoms with Gasteiger partial charge in [0.15, 0.2) is 24.1 Å². The number of ether oxygens (including phenoxy) is 5. The monoisotopic (exact) mass is 1080 g/mol. The Kier molecular flexibility index (Phi) is 13.9. The van der Waals surface area contributed by atoms with Crippen molar-refractivity contribution in [3.8, 4) is 34.1 Å². The first-order valence-corrected chi connectivity index (χ1v) is 25.0. The molecule has 2 fully saturated rings. The molecule has 21 heteroatoms. The number of aliphatic hydroxyl groups excluding tert-OH is 5. The number of carbonyl (C=O) groups excluding carboxylic acids is 3. The fraction of sp³-hybridized carbons (Fsp3) is 0.450. The fourth-order valence-corrected chi connectivity index (χ4v) is 8.08. The average Bonchev–Trinajstić information content (AvgIpc) is 3.21. The molecule has 10 N–H and O–H groups in total. The number of nitrogens with one attached hydrogen (secondary N) is 1. The van der Waals surface area contributed by atoms with Gasteiger partial charge in [-0.05, 0) is 49.6 Å². The molecule has 2 heterocycles. The van der Waals surface area contributed by atoms with Gasteiger partial charge in [0.25, 0.3) is 5.91 Å². The molecule has 330 valence electrons. The number of methoxy groups -OCH3 is 1. The molecule has 3 aromatic rings. The van der Waals surface area contributed by atoms with Crippen LogP contribution in [0.3, 0.4) is 0 Å². The van der Waals surface area contributed by atoms with Crippen molar-refractivity contribution in [1.82, 2.24) is 5.32 Å². The van der Waals surface area contributed by atoms with Crippen molar-refractivity contribution in [2.45, 2.75) is 95.1 Å². The average molecular weight is 1080 g/mol. The molecule has 12 atom stereocenters. The molecule has 2 aliphatic carbocycles. The Bertz CT molecular complexity index is 2270. The number of rotatable bonds is 8. The zero-order valence-electron chi connectivity index (χ0n) is 32.9. The minimum absolute atomic E-state index is 0.0192. The first kappa shape index (κ1) is 46.7.